The summed E-state index contributed by atoms with van der Waals surface area (Å²) >= 11 is 1.46. The van der Waals surface area contributed by atoms with E-state index in [4.69, 9.17) is 4.74 Å². The lowest BCUT2D eigenvalue weighted by molar-refractivity contribution is 0.0954. The molecule has 1 amide bonds. The van der Waals surface area contributed by atoms with Crippen LogP contribution < -0.4 is 10.1 Å². The molecule has 0 fully saturated rings. The summed E-state index contributed by atoms with van der Waals surface area (Å²) in [5.41, 5.74) is 1.09. The lowest BCUT2D eigenvalue weighted by atomic mass is 10.2. The topological polar surface area (TPSA) is 69.0 Å². The normalized spacial score (nSPS) is 13.6. The fourth-order valence-corrected chi connectivity index (χ4v) is 4.66. The van der Waals surface area contributed by atoms with Gasteiger partial charge in [-0.05, 0) is 31.4 Å². The monoisotopic (exact) mass is 410 g/mol. The molecule has 2 aromatic heterocycles. The zero-order valence-corrected chi connectivity index (χ0v) is 17.5. The molecule has 0 radical (unpaired) electrons. The van der Waals surface area contributed by atoms with Gasteiger partial charge in [-0.3, -0.25) is 4.79 Å². The van der Waals surface area contributed by atoms with Crippen LogP contribution >= 0.6 is 11.3 Å². The second-order valence-electron chi connectivity index (χ2n) is 7.10. The Balaban J connectivity index is 1.43. The summed E-state index contributed by atoms with van der Waals surface area (Å²) in [5.74, 6) is 2.58. The van der Waals surface area contributed by atoms with Crippen molar-refractivity contribution in [2.75, 3.05) is 13.2 Å². The number of fused-ring (bicyclic) bond motifs is 1. The second kappa shape index (κ2) is 9.22. The lowest BCUT2D eigenvalue weighted by Gasteiger charge is -2.08. The van der Waals surface area contributed by atoms with Gasteiger partial charge in [0.25, 0.3) is 5.91 Å². The van der Waals surface area contributed by atoms with Crippen LogP contribution in [0.25, 0.3) is 10.4 Å². The number of hydrogen-bond donors (Lipinski definition) is 1. The number of carbonyl (C=O) groups excluding carboxylic acids is 1. The van der Waals surface area contributed by atoms with Crippen molar-refractivity contribution in [2.45, 2.75) is 45.6 Å². The van der Waals surface area contributed by atoms with E-state index >= 15 is 0 Å². The first-order valence-electron chi connectivity index (χ1n) is 10.3. The first kappa shape index (κ1) is 19.6. The maximum atomic E-state index is 12.8. The SMILES string of the molecule is CCOc1cc(-c2ccccc2)sc1C(=O)NCCc1nnc2n1CCCCC2. The summed E-state index contributed by atoms with van der Waals surface area (Å²) < 4.78 is 7.95. The van der Waals surface area contributed by atoms with Crippen molar-refractivity contribution in [2.24, 2.45) is 0 Å². The molecule has 7 heteroatoms. The molecule has 0 saturated carbocycles. The summed E-state index contributed by atoms with van der Waals surface area (Å²) in [6.45, 7) is 3.96. The van der Waals surface area contributed by atoms with E-state index in [0.717, 1.165) is 35.1 Å². The molecule has 4 rings (SSSR count). The van der Waals surface area contributed by atoms with E-state index in [2.05, 4.69) is 20.1 Å². The maximum Gasteiger partial charge on any atom is 0.265 e. The summed E-state index contributed by atoms with van der Waals surface area (Å²) in [6.07, 6.45) is 5.26. The molecule has 0 bridgehead atoms. The molecule has 1 N–H and O–H groups in total. The van der Waals surface area contributed by atoms with Crippen molar-refractivity contribution in [1.82, 2.24) is 20.1 Å². The predicted octanol–water partition coefficient (Wildman–Crippen LogP) is 4.10. The highest BCUT2D eigenvalue weighted by molar-refractivity contribution is 7.17. The van der Waals surface area contributed by atoms with Crippen molar-refractivity contribution in [1.29, 1.82) is 0 Å². The van der Waals surface area contributed by atoms with Crippen molar-refractivity contribution in [3.63, 3.8) is 0 Å². The lowest BCUT2D eigenvalue weighted by Crippen LogP contribution is -2.26. The Morgan fingerprint density at radius 2 is 2.07 bits per heavy atom. The number of hydrogen-bond acceptors (Lipinski definition) is 5. The van der Waals surface area contributed by atoms with Crippen LogP contribution in [0.3, 0.4) is 0 Å². The van der Waals surface area contributed by atoms with Gasteiger partial charge in [0.15, 0.2) is 0 Å². The first-order valence-corrected chi connectivity index (χ1v) is 11.1. The van der Waals surface area contributed by atoms with E-state index < -0.39 is 0 Å². The number of nitrogens with zero attached hydrogens (tertiary/aromatic N) is 3. The largest absolute Gasteiger partial charge is 0.492 e. The van der Waals surface area contributed by atoms with Gasteiger partial charge in [-0.15, -0.1) is 21.5 Å². The average molecular weight is 411 g/mol. The third-order valence-electron chi connectivity index (χ3n) is 5.08. The molecule has 0 spiro atoms. The van der Waals surface area contributed by atoms with E-state index in [1.807, 2.05) is 43.3 Å². The van der Waals surface area contributed by atoms with Gasteiger partial charge in [0, 0.05) is 30.8 Å². The highest BCUT2D eigenvalue weighted by Crippen LogP contribution is 2.36. The zero-order chi connectivity index (χ0) is 20.1. The Hall–Kier alpha value is -2.67. The van der Waals surface area contributed by atoms with Crippen LogP contribution in [0.4, 0.5) is 0 Å². The summed E-state index contributed by atoms with van der Waals surface area (Å²) in [5, 5.41) is 11.7. The van der Waals surface area contributed by atoms with E-state index in [1.165, 1.54) is 30.6 Å². The van der Waals surface area contributed by atoms with Gasteiger partial charge in [-0.1, -0.05) is 36.8 Å². The minimum atomic E-state index is -0.101. The summed E-state index contributed by atoms with van der Waals surface area (Å²) in [7, 11) is 0. The molecule has 3 aromatic rings. The number of benzene rings is 1. The van der Waals surface area contributed by atoms with Crippen molar-refractivity contribution < 1.29 is 9.53 Å². The van der Waals surface area contributed by atoms with Crippen LogP contribution in [0.15, 0.2) is 36.4 Å². The molecule has 3 heterocycles. The van der Waals surface area contributed by atoms with E-state index in [1.54, 1.807) is 0 Å². The Morgan fingerprint density at radius 3 is 2.90 bits per heavy atom. The molecule has 0 unspecified atom stereocenters. The minimum Gasteiger partial charge on any atom is -0.492 e. The molecule has 6 nitrogen and oxygen atoms in total. The molecular weight excluding hydrogens is 384 g/mol. The van der Waals surface area contributed by atoms with E-state index in [0.29, 0.717) is 30.2 Å². The number of rotatable bonds is 7. The Kier molecular flexibility index (Phi) is 6.24. The molecule has 1 aliphatic rings. The molecule has 0 atom stereocenters. The second-order valence-corrected chi connectivity index (χ2v) is 8.16. The van der Waals surface area contributed by atoms with Crippen molar-refractivity contribution >= 4 is 17.2 Å². The predicted molar refractivity (Wildman–Crippen MR) is 115 cm³/mol. The van der Waals surface area contributed by atoms with Crippen LogP contribution in [0.2, 0.25) is 0 Å². The van der Waals surface area contributed by atoms with Crippen LogP contribution in [0, 0.1) is 0 Å². The molecule has 0 saturated heterocycles. The molecule has 29 heavy (non-hydrogen) atoms. The number of nitrogens with one attached hydrogen (secondary N) is 1. The molecule has 0 aliphatic carbocycles. The van der Waals surface area contributed by atoms with Crippen LogP contribution in [-0.4, -0.2) is 33.8 Å². The smallest absolute Gasteiger partial charge is 0.265 e. The van der Waals surface area contributed by atoms with E-state index in [9.17, 15) is 4.79 Å². The molecule has 1 aromatic carbocycles. The van der Waals surface area contributed by atoms with Gasteiger partial charge in [-0.25, -0.2) is 0 Å². The van der Waals surface area contributed by atoms with Gasteiger partial charge in [0.05, 0.1) is 6.61 Å². The van der Waals surface area contributed by atoms with Crippen molar-refractivity contribution in [3.8, 4) is 16.2 Å². The highest BCUT2D eigenvalue weighted by Gasteiger charge is 2.19. The van der Waals surface area contributed by atoms with Gasteiger partial charge in [-0.2, -0.15) is 0 Å². The standard InChI is InChI=1S/C22H26N4O2S/c1-2-28-17-15-18(16-9-5-3-6-10-16)29-21(17)22(27)23-13-12-20-25-24-19-11-7-4-8-14-26(19)20/h3,5-6,9-10,15H,2,4,7-8,11-14H2,1H3,(H,23,27). The van der Waals surface area contributed by atoms with Gasteiger partial charge < -0.3 is 14.6 Å². The van der Waals surface area contributed by atoms with Crippen molar-refractivity contribution in [3.05, 3.63) is 52.9 Å². The Bertz CT molecular complexity index is 965. The summed E-state index contributed by atoms with van der Waals surface area (Å²) in [4.78, 5) is 14.5. The molecular formula is C22H26N4O2S. The van der Waals surface area contributed by atoms with Crippen LogP contribution in [-0.2, 0) is 19.4 Å². The molecule has 152 valence electrons. The first-order chi connectivity index (χ1) is 14.3. The van der Waals surface area contributed by atoms with Crippen LogP contribution in [0.1, 0.15) is 47.5 Å². The van der Waals surface area contributed by atoms with Crippen LogP contribution in [0.5, 0.6) is 5.75 Å². The Morgan fingerprint density at radius 1 is 1.21 bits per heavy atom. The maximum absolute atomic E-state index is 12.8. The quantitative estimate of drug-likeness (QED) is 0.637. The number of ether oxygens (including phenoxy) is 1. The number of aryl methyl sites for hydroxylation is 1. The molecule has 1 aliphatic heterocycles. The fraction of sp³-hybridized carbons (Fsp3) is 0.409. The van der Waals surface area contributed by atoms with Gasteiger partial charge in [0.2, 0.25) is 0 Å². The van der Waals surface area contributed by atoms with Gasteiger partial charge in [0.1, 0.15) is 22.3 Å². The highest BCUT2D eigenvalue weighted by atomic mass is 32.1. The number of thiophene rings is 1. The third kappa shape index (κ3) is 4.50. The fourth-order valence-electron chi connectivity index (χ4n) is 3.64. The minimum absolute atomic E-state index is 0.101. The number of carbonyl (C=O) groups is 1. The van der Waals surface area contributed by atoms with Gasteiger partial charge >= 0.3 is 0 Å². The number of aromatic nitrogens is 3. The Labute approximate surface area is 174 Å². The van der Waals surface area contributed by atoms with E-state index in [-0.39, 0.29) is 5.91 Å². The average Bonchev–Trinajstić information content (AvgIpc) is 3.25. The number of amides is 1. The zero-order valence-electron chi connectivity index (χ0n) is 16.7. The third-order valence-corrected chi connectivity index (χ3v) is 6.25. The summed E-state index contributed by atoms with van der Waals surface area (Å²) in [6, 6.07) is 12.0.